The van der Waals surface area contributed by atoms with Gasteiger partial charge in [-0.1, -0.05) is 23.5 Å². The molecule has 0 saturated carbocycles. The van der Waals surface area contributed by atoms with E-state index < -0.39 is 24.6 Å². The number of ether oxygens (including phenoxy) is 4. The third-order valence-corrected chi connectivity index (χ3v) is 7.59. The van der Waals surface area contributed by atoms with Crippen LogP contribution in [0.3, 0.4) is 0 Å². The number of aliphatic carboxylic acids is 1. The molecule has 10 nitrogen and oxygen atoms in total. The zero-order valence-electron chi connectivity index (χ0n) is 23.1. The van der Waals surface area contributed by atoms with Crippen molar-refractivity contribution in [3.63, 3.8) is 0 Å². The van der Waals surface area contributed by atoms with Gasteiger partial charge in [0.15, 0.2) is 22.9 Å². The molecule has 0 unspecified atom stereocenters. The maximum Gasteiger partial charge on any atom is 0.341 e. The second-order valence-corrected chi connectivity index (χ2v) is 11.1. The molecule has 41 heavy (non-hydrogen) atoms. The minimum absolute atomic E-state index is 0.0810. The number of carboxylic acid groups (broad SMARTS) is 1. The number of methoxy groups -OCH3 is 1. The number of halogens is 1. The van der Waals surface area contributed by atoms with Gasteiger partial charge >= 0.3 is 11.9 Å². The van der Waals surface area contributed by atoms with Gasteiger partial charge < -0.3 is 24.1 Å². The molecule has 1 N–H and O–H groups in total. The Morgan fingerprint density at radius 2 is 1.90 bits per heavy atom. The van der Waals surface area contributed by atoms with E-state index in [9.17, 15) is 14.4 Å². The van der Waals surface area contributed by atoms with Gasteiger partial charge in [0, 0.05) is 0 Å². The quantitative estimate of drug-likeness (QED) is 0.330. The molecule has 2 heterocycles. The van der Waals surface area contributed by atoms with Crippen molar-refractivity contribution in [2.75, 3.05) is 20.3 Å². The van der Waals surface area contributed by atoms with Crippen molar-refractivity contribution in [1.82, 2.24) is 4.57 Å². The first kappa shape index (κ1) is 30.1. The van der Waals surface area contributed by atoms with Gasteiger partial charge in [0.2, 0.25) is 0 Å². The molecule has 3 aromatic rings. The van der Waals surface area contributed by atoms with Gasteiger partial charge in [0.05, 0.1) is 46.1 Å². The van der Waals surface area contributed by atoms with Crippen molar-refractivity contribution < 1.29 is 33.6 Å². The largest absolute Gasteiger partial charge is 0.493 e. The van der Waals surface area contributed by atoms with Crippen LogP contribution in [0.5, 0.6) is 17.2 Å². The average molecular weight is 646 g/mol. The summed E-state index contributed by atoms with van der Waals surface area (Å²) in [6.45, 7) is 6.94. The summed E-state index contributed by atoms with van der Waals surface area (Å²) in [7, 11) is 1.53. The smallest absolute Gasteiger partial charge is 0.341 e. The highest BCUT2D eigenvalue weighted by atomic mass is 79.9. The first-order chi connectivity index (χ1) is 19.5. The van der Waals surface area contributed by atoms with E-state index in [1.807, 2.05) is 13.8 Å². The van der Waals surface area contributed by atoms with E-state index >= 15 is 0 Å². The lowest BCUT2D eigenvalue weighted by atomic mass is 9.95. The fourth-order valence-corrected chi connectivity index (χ4v) is 5.88. The molecule has 12 heteroatoms. The number of carbonyl (C=O) groups is 2. The Kier molecular flexibility index (Phi) is 9.34. The highest BCUT2D eigenvalue weighted by Gasteiger charge is 2.34. The zero-order valence-corrected chi connectivity index (χ0v) is 25.5. The van der Waals surface area contributed by atoms with Crippen LogP contribution in [0, 0.1) is 0 Å². The monoisotopic (exact) mass is 644 g/mol. The van der Waals surface area contributed by atoms with Gasteiger partial charge in [-0.3, -0.25) is 9.36 Å². The number of hydrogen-bond donors (Lipinski definition) is 1. The molecule has 2 aromatic carbocycles. The molecule has 1 aliphatic heterocycles. The Labute approximate surface area is 248 Å². The van der Waals surface area contributed by atoms with Crippen molar-refractivity contribution >= 4 is 45.3 Å². The molecule has 0 amide bonds. The maximum atomic E-state index is 13.9. The van der Waals surface area contributed by atoms with Gasteiger partial charge in [-0.15, -0.1) is 0 Å². The summed E-state index contributed by atoms with van der Waals surface area (Å²) < 4.78 is 24.5. The molecule has 0 bridgehead atoms. The highest BCUT2D eigenvalue weighted by molar-refractivity contribution is 9.10. The second-order valence-electron chi connectivity index (χ2n) is 9.25. The fraction of sp³-hybridized carbons (Fsp3) is 0.310. The van der Waals surface area contributed by atoms with Crippen molar-refractivity contribution in [3.05, 3.63) is 83.0 Å². The molecule has 4 rings (SSSR count). The van der Waals surface area contributed by atoms with E-state index in [0.29, 0.717) is 47.9 Å². The Morgan fingerprint density at radius 3 is 2.54 bits per heavy atom. The third kappa shape index (κ3) is 6.54. The third-order valence-electron chi connectivity index (χ3n) is 5.99. The van der Waals surface area contributed by atoms with Crippen LogP contribution in [0.15, 0.2) is 61.9 Å². The standard InChI is InChI=1S/C29H29BrN2O8S/c1-6-38-28(36)25-16(4)31-29-32(26(25)18-8-10-21(40-15(2)3)22(13-18)37-5)27(35)23(41-29)12-17-7-9-20(19(30)11-17)39-14-24(33)34/h7-13,15,26H,6,14H2,1-5H3,(H,33,34)/b23-12-/t26-/m0/s1. The maximum absolute atomic E-state index is 13.9. The van der Waals surface area contributed by atoms with E-state index in [1.54, 1.807) is 56.3 Å². The first-order valence-electron chi connectivity index (χ1n) is 12.7. The Hall–Kier alpha value is -3.90. The number of esters is 1. The van der Waals surface area contributed by atoms with E-state index in [-0.39, 0.29) is 23.8 Å². The number of fused-ring (bicyclic) bond motifs is 1. The zero-order chi connectivity index (χ0) is 29.8. The van der Waals surface area contributed by atoms with Crippen molar-refractivity contribution in [2.24, 2.45) is 4.99 Å². The molecule has 1 aliphatic rings. The number of allylic oxidation sites excluding steroid dienone is 1. The highest BCUT2D eigenvalue weighted by Crippen LogP contribution is 2.36. The van der Waals surface area contributed by atoms with E-state index in [4.69, 9.17) is 24.1 Å². The van der Waals surface area contributed by atoms with Crippen LogP contribution in [-0.4, -0.2) is 48.0 Å². The lowest BCUT2D eigenvalue weighted by Gasteiger charge is -2.25. The van der Waals surface area contributed by atoms with Crippen LogP contribution < -0.4 is 29.1 Å². The van der Waals surface area contributed by atoms with Gasteiger partial charge in [0.1, 0.15) is 5.75 Å². The predicted octanol–water partition coefficient (Wildman–Crippen LogP) is 3.82. The fourth-order valence-electron chi connectivity index (χ4n) is 4.33. The van der Waals surface area contributed by atoms with Crippen LogP contribution >= 0.6 is 27.3 Å². The van der Waals surface area contributed by atoms with Crippen LogP contribution in [0.25, 0.3) is 6.08 Å². The number of rotatable bonds is 10. The van der Waals surface area contributed by atoms with Crippen molar-refractivity contribution in [2.45, 2.75) is 39.8 Å². The van der Waals surface area contributed by atoms with Crippen LogP contribution in [0.2, 0.25) is 0 Å². The number of benzene rings is 2. The molecule has 0 radical (unpaired) electrons. The molecule has 216 valence electrons. The number of aromatic nitrogens is 1. The summed E-state index contributed by atoms with van der Waals surface area (Å²) in [5, 5.41) is 8.87. The summed E-state index contributed by atoms with van der Waals surface area (Å²) in [4.78, 5) is 42.9. The molecule has 0 spiro atoms. The van der Waals surface area contributed by atoms with Gasteiger partial charge in [-0.25, -0.2) is 14.6 Å². The second kappa shape index (κ2) is 12.7. The van der Waals surface area contributed by atoms with E-state index in [0.717, 1.165) is 0 Å². The molecule has 1 atom stereocenters. The molecule has 0 aliphatic carbocycles. The Balaban J connectivity index is 1.86. The van der Waals surface area contributed by atoms with Gasteiger partial charge in [-0.05, 0) is 85.1 Å². The molecular weight excluding hydrogens is 616 g/mol. The Bertz CT molecular complexity index is 1710. The number of carboxylic acids is 1. The minimum atomic E-state index is -1.09. The number of carbonyl (C=O) groups excluding carboxylic acids is 1. The Morgan fingerprint density at radius 1 is 1.17 bits per heavy atom. The number of thiazole rings is 1. The summed E-state index contributed by atoms with van der Waals surface area (Å²) in [5.41, 5.74) is 1.68. The topological polar surface area (TPSA) is 126 Å². The first-order valence-corrected chi connectivity index (χ1v) is 14.3. The van der Waals surface area contributed by atoms with Crippen molar-refractivity contribution in [1.29, 1.82) is 0 Å². The molecule has 1 aromatic heterocycles. The van der Waals surface area contributed by atoms with E-state index in [2.05, 4.69) is 20.9 Å². The summed E-state index contributed by atoms with van der Waals surface area (Å²) >= 11 is 4.58. The molecule has 0 fully saturated rings. The van der Waals surface area contributed by atoms with Crippen LogP contribution in [0.4, 0.5) is 0 Å². The molecule has 0 saturated heterocycles. The van der Waals surface area contributed by atoms with Gasteiger partial charge in [-0.2, -0.15) is 0 Å². The molecular formula is C29H29BrN2O8S. The normalized spacial score (nSPS) is 14.9. The average Bonchev–Trinajstić information content (AvgIpc) is 3.21. The summed E-state index contributed by atoms with van der Waals surface area (Å²) in [6, 6.07) is 9.55. The van der Waals surface area contributed by atoms with E-state index in [1.165, 1.54) is 23.0 Å². The lowest BCUT2D eigenvalue weighted by molar-refractivity contribution is -0.140. The number of hydrogen-bond acceptors (Lipinski definition) is 9. The van der Waals surface area contributed by atoms with Crippen molar-refractivity contribution in [3.8, 4) is 17.2 Å². The summed E-state index contributed by atoms with van der Waals surface area (Å²) in [6.07, 6.45) is 1.62. The van der Waals surface area contributed by atoms with Crippen LogP contribution in [0.1, 0.15) is 44.9 Å². The number of nitrogens with zero attached hydrogens (tertiary/aromatic N) is 2. The van der Waals surface area contributed by atoms with Crippen LogP contribution in [-0.2, 0) is 14.3 Å². The van der Waals surface area contributed by atoms with Gasteiger partial charge in [0.25, 0.3) is 5.56 Å². The predicted molar refractivity (Wildman–Crippen MR) is 156 cm³/mol. The SMILES string of the molecule is CCOC(=O)C1=C(C)N=c2s/c(=C\c3ccc(OCC(=O)O)c(Br)c3)c(=O)n2[C@H]1c1ccc(OC(C)C)c(OC)c1. The summed E-state index contributed by atoms with van der Waals surface area (Å²) in [5.74, 6) is -0.284. The lowest BCUT2D eigenvalue weighted by Crippen LogP contribution is -2.40. The minimum Gasteiger partial charge on any atom is -0.493 e.